The summed E-state index contributed by atoms with van der Waals surface area (Å²) in [6, 6.07) is 5.84. The highest BCUT2D eigenvalue weighted by atomic mass is 16.4. The molecule has 1 aromatic carbocycles. The first-order valence-corrected chi connectivity index (χ1v) is 9.93. The summed E-state index contributed by atoms with van der Waals surface area (Å²) in [6.45, 7) is 0.423. The van der Waals surface area contributed by atoms with Crippen LogP contribution in [-0.2, 0) is 11.8 Å². The van der Waals surface area contributed by atoms with Crippen molar-refractivity contribution in [2.75, 3.05) is 11.9 Å². The third-order valence-electron chi connectivity index (χ3n) is 5.62. The second-order valence-corrected chi connectivity index (χ2v) is 7.73. The van der Waals surface area contributed by atoms with Crippen LogP contribution in [0.1, 0.15) is 64.4 Å². The lowest BCUT2D eigenvalue weighted by Gasteiger charge is -2.33. The standard InChI is InChI=1S/C21H24N4O4/c1-24-18(16(12-22-24)13-8-9-13)19(26)23-15-6-4-5-14(11-15)20(27)25-10-3-2-7-17(25)21(28)29/h4-6,11-13,17H,2-3,7-10H2,1H3,(H,23,26)(H,28,29). The predicted molar refractivity (Wildman–Crippen MR) is 106 cm³/mol. The summed E-state index contributed by atoms with van der Waals surface area (Å²) in [6.07, 6.45) is 5.92. The molecular formula is C21H24N4O4. The Morgan fingerprint density at radius 3 is 2.69 bits per heavy atom. The van der Waals surface area contributed by atoms with Crippen molar-refractivity contribution in [2.45, 2.75) is 44.1 Å². The van der Waals surface area contributed by atoms with Gasteiger partial charge in [0, 0.05) is 30.4 Å². The van der Waals surface area contributed by atoms with Crippen molar-refractivity contribution in [1.82, 2.24) is 14.7 Å². The number of likely N-dealkylation sites (tertiary alicyclic amines) is 1. The molecule has 1 unspecified atom stereocenters. The van der Waals surface area contributed by atoms with E-state index in [2.05, 4.69) is 10.4 Å². The summed E-state index contributed by atoms with van der Waals surface area (Å²) in [4.78, 5) is 38.7. The molecule has 8 nitrogen and oxygen atoms in total. The van der Waals surface area contributed by atoms with Gasteiger partial charge in [0.1, 0.15) is 11.7 Å². The van der Waals surface area contributed by atoms with E-state index in [0.717, 1.165) is 31.2 Å². The molecule has 1 aliphatic carbocycles. The first-order valence-electron chi connectivity index (χ1n) is 9.93. The molecule has 2 fully saturated rings. The molecule has 1 aliphatic heterocycles. The largest absolute Gasteiger partial charge is 0.480 e. The van der Waals surface area contributed by atoms with E-state index >= 15 is 0 Å². The van der Waals surface area contributed by atoms with E-state index in [1.54, 1.807) is 42.2 Å². The molecule has 2 heterocycles. The number of aromatic nitrogens is 2. The van der Waals surface area contributed by atoms with Crippen molar-refractivity contribution in [2.24, 2.45) is 7.05 Å². The van der Waals surface area contributed by atoms with Gasteiger partial charge in [0.2, 0.25) is 0 Å². The zero-order chi connectivity index (χ0) is 20.5. The smallest absolute Gasteiger partial charge is 0.326 e. The summed E-state index contributed by atoms with van der Waals surface area (Å²) in [5.41, 5.74) is 2.34. The van der Waals surface area contributed by atoms with E-state index in [9.17, 15) is 19.5 Å². The molecule has 1 atom stereocenters. The lowest BCUT2D eigenvalue weighted by Crippen LogP contribution is -2.48. The zero-order valence-corrected chi connectivity index (χ0v) is 16.3. The van der Waals surface area contributed by atoms with Crippen molar-refractivity contribution in [3.05, 3.63) is 47.3 Å². The molecule has 2 aliphatic rings. The first-order chi connectivity index (χ1) is 14.0. The second kappa shape index (κ2) is 7.69. The van der Waals surface area contributed by atoms with Gasteiger partial charge in [-0.15, -0.1) is 0 Å². The summed E-state index contributed by atoms with van der Waals surface area (Å²) in [7, 11) is 1.74. The Morgan fingerprint density at radius 1 is 1.17 bits per heavy atom. The SMILES string of the molecule is Cn1ncc(C2CC2)c1C(=O)Nc1cccc(C(=O)N2CCCCC2C(=O)O)c1. The van der Waals surface area contributed by atoms with Crippen LogP contribution < -0.4 is 5.32 Å². The monoisotopic (exact) mass is 396 g/mol. The molecule has 8 heteroatoms. The predicted octanol–water partition coefficient (Wildman–Crippen LogP) is 2.63. The summed E-state index contributed by atoms with van der Waals surface area (Å²) < 4.78 is 1.57. The van der Waals surface area contributed by atoms with Crippen molar-refractivity contribution >= 4 is 23.5 Å². The van der Waals surface area contributed by atoms with Gasteiger partial charge in [0.15, 0.2) is 0 Å². The van der Waals surface area contributed by atoms with Gasteiger partial charge < -0.3 is 15.3 Å². The van der Waals surface area contributed by atoms with Gasteiger partial charge in [0.25, 0.3) is 11.8 Å². The number of carbonyl (C=O) groups excluding carboxylic acids is 2. The molecule has 2 aromatic rings. The van der Waals surface area contributed by atoms with Crippen molar-refractivity contribution < 1.29 is 19.5 Å². The number of hydrogen-bond donors (Lipinski definition) is 2. The highest BCUT2D eigenvalue weighted by Gasteiger charge is 2.33. The molecule has 0 radical (unpaired) electrons. The quantitative estimate of drug-likeness (QED) is 0.808. The Kier molecular flexibility index (Phi) is 5.08. The molecular weight excluding hydrogens is 372 g/mol. The maximum absolute atomic E-state index is 12.9. The Bertz CT molecular complexity index is 963. The van der Waals surface area contributed by atoms with Gasteiger partial charge >= 0.3 is 5.97 Å². The number of nitrogens with zero attached hydrogens (tertiary/aromatic N) is 3. The molecule has 4 rings (SSSR count). The fourth-order valence-electron chi connectivity index (χ4n) is 3.94. The number of aryl methyl sites for hydroxylation is 1. The minimum Gasteiger partial charge on any atom is -0.480 e. The highest BCUT2D eigenvalue weighted by Crippen LogP contribution is 2.41. The third kappa shape index (κ3) is 3.87. The molecule has 0 bridgehead atoms. The Hall–Kier alpha value is -3.16. The number of aliphatic carboxylic acids is 1. The van der Waals surface area contributed by atoms with E-state index in [4.69, 9.17) is 0 Å². The molecule has 152 valence electrons. The van der Waals surface area contributed by atoms with Crippen LogP contribution in [0.4, 0.5) is 5.69 Å². The molecule has 29 heavy (non-hydrogen) atoms. The summed E-state index contributed by atoms with van der Waals surface area (Å²) >= 11 is 0. The number of anilines is 1. The molecule has 1 aromatic heterocycles. The highest BCUT2D eigenvalue weighted by molar-refractivity contribution is 6.05. The minimum atomic E-state index is -0.980. The third-order valence-corrected chi connectivity index (χ3v) is 5.62. The van der Waals surface area contributed by atoms with Gasteiger partial charge in [-0.2, -0.15) is 5.10 Å². The maximum atomic E-state index is 12.9. The van der Waals surface area contributed by atoms with Crippen LogP contribution in [0.25, 0.3) is 0 Å². The minimum absolute atomic E-state index is 0.266. The van der Waals surface area contributed by atoms with Crippen LogP contribution in [0.2, 0.25) is 0 Å². The molecule has 2 amide bonds. The number of amides is 2. The Morgan fingerprint density at radius 2 is 1.97 bits per heavy atom. The van der Waals surface area contributed by atoms with Gasteiger partial charge in [-0.25, -0.2) is 4.79 Å². The Labute approximate surface area is 168 Å². The van der Waals surface area contributed by atoms with Gasteiger partial charge in [-0.05, 0) is 56.2 Å². The van der Waals surface area contributed by atoms with E-state index in [1.165, 1.54) is 4.90 Å². The number of benzene rings is 1. The number of carboxylic acid groups (broad SMARTS) is 1. The molecule has 2 N–H and O–H groups in total. The number of piperidine rings is 1. The number of carbonyl (C=O) groups is 3. The van der Waals surface area contributed by atoms with Crippen molar-refractivity contribution in [1.29, 1.82) is 0 Å². The van der Waals surface area contributed by atoms with Gasteiger partial charge in [-0.3, -0.25) is 14.3 Å². The van der Waals surface area contributed by atoms with Crippen LogP contribution in [0, 0.1) is 0 Å². The molecule has 0 spiro atoms. The topological polar surface area (TPSA) is 105 Å². The number of carboxylic acids is 1. The first kappa shape index (κ1) is 19.2. The van der Waals surface area contributed by atoms with Gasteiger partial charge in [0.05, 0.1) is 6.20 Å². The van der Waals surface area contributed by atoms with Crippen molar-refractivity contribution in [3.63, 3.8) is 0 Å². The van der Waals surface area contributed by atoms with Gasteiger partial charge in [-0.1, -0.05) is 6.07 Å². The summed E-state index contributed by atoms with van der Waals surface area (Å²) in [5, 5.41) is 16.5. The fourth-order valence-corrected chi connectivity index (χ4v) is 3.94. The van der Waals surface area contributed by atoms with Crippen LogP contribution in [0.3, 0.4) is 0 Å². The average Bonchev–Trinajstić information content (AvgIpc) is 3.49. The van der Waals surface area contributed by atoms with Crippen molar-refractivity contribution in [3.8, 4) is 0 Å². The number of hydrogen-bond acceptors (Lipinski definition) is 4. The van der Waals surface area contributed by atoms with Crippen LogP contribution in [0.15, 0.2) is 30.5 Å². The molecule has 1 saturated carbocycles. The van der Waals surface area contributed by atoms with E-state index in [-0.39, 0.29) is 11.8 Å². The number of nitrogens with one attached hydrogen (secondary N) is 1. The van der Waals surface area contributed by atoms with Crippen LogP contribution >= 0.6 is 0 Å². The zero-order valence-electron chi connectivity index (χ0n) is 16.3. The van der Waals surface area contributed by atoms with E-state index in [0.29, 0.717) is 35.8 Å². The second-order valence-electron chi connectivity index (χ2n) is 7.73. The Balaban J connectivity index is 1.53. The average molecular weight is 396 g/mol. The lowest BCUT2D eigenvalue weighted by molar-refractivity contribution is -0.143. The maximum Gasteiger partial charge on any atom is 0.326 e. The van der Waals surface area contributed by atoms with E-state index < -0.39 is 12.0 Å². The normalized spacial score (nSPS) is 19.1. The van der Waals surface area contributed by atoms with Crippen LogP contribution in [-0.4, -0.2) is 50.2 Å². The van der Waals surface area contributed by atoms with E-state index in [1.807, 2.05) is 0 Å². The van der Waals surface area contributed by atoms with Crippen LogP contribution in [0.5, 0.6) is 0 Å². The summed E-state index contributed by atoms with van der Waals surface area (Å²) in [5.74, 6) is -1.18. The fraction of sp³-hybridized carbons (Fsp3) is 0.429. The lowest BCUT2D eigenvalue weighted by atomic mass is 10.0. The number of rotatable bonds is 5. The molecule has 1 saturated heterocycles.